The Morgan fingerprint density at radius 3 is 2.75 bits per heavy atom. The van der Waals surface area contributed by atoms with E-state index in [4.69, 9.17) is 0 Å². The van der Waals surface area contributed by atoms with Gasteiger partial charge in [0.05, 0.1) is 11.8 Å². The number of hydrogen-bond acceptors (Lipinski definition) is 6. The van der Waals surface area contributed by atoms with Crippen molar-refractivity contribution in [1.82, 2.24) is 24.5 Å². The van der Waals surface area contributed by atoms with Gasteiger partial charge in [-0.1, -0.05) is 36.0 Å². The molecule has 0 unspecified atom stereocenters. The maximum Gasteiger partial charge on any atom is 0.300 e. The van der Waals surface area contributed by atoms with Crippen LogP contribution in [0.15, 0.2) is 70.2 Å². The van der Waals surface area contributed by atoms with Crippen LogP contribution in [0.5, 0.6) is 0 Å². The average Bonchev–Trinajstić information content (AvgIpc) is 3.37. The predicted molar refractivity (Wildman–Crippen MR) is 110 cm³/mol. The molecule has 3 heterocycles. The molecule has 0 spiro atoms. The molecule has 1 N–H and O–H groups in total. The van der Waals surface area contributed by atoms with Gasteiger partial charge in [-0.3, -0.25) is 18.6 Å². The minimum absolute atomic E-state index is 0.0900. The summed E-state index contributed by atoms with van der Waals surface area (Å²) in [4.78, 5) is 26.2. The van der Waals surface area contributed by atoms with Crippen molar-refractivity contribution >= 4 is 34.7 Å². The summed E-state index contributed by atoms with van der Waals surface area (Å²) in [6.07, 6.45) is 3.42. The second kappa shape index (κ2) is 7.99. The number of rotatable bonds is 6. The highest BCUT2D eigenvalue weighted by molar-refractivity contribution is 8.00. The normalized spacial score (nSPS) is 12.2. The van der Waals surface area contributed by atoms with Crippen molar-refractivity contribution in [3.05, 3.63) is 75.5 Å². The molecule has 0 bridgehead atoms. The standard InChI is InChI=1S/C19H17N5O2S2/c1-13(17(25)20-12-15-8-5-11-27-15)28-19-22-21-16-18(26)23(9-10-24(16)19)14-6-3-2-4-7-14/h2-11,13H,12H2,1H3,(H,20,25)/t13-/m0/s1. The third-order valence-electron chi connectivity index (χ3n) is 4.14. The van der Waals surface area contributed by atoms with E-state index in [0.29, 0.717) is 11.7 Å². The SMILES string of the molecule is C[C@H](Sc1nnc2c(=O)n(-c3ccccc3)ccn12)C(=O)NCc1cccs1. The molecule has 142 valence electrons. The first kappa shape index (κ1) is 18.5. The molecule has 3 aromatic heterocycles. The number of thioether (sulfide) groups is 1. The van der Waals surface area contributed by atoms with Gasteiger partial charge in [-0.05, 0) is 30.5 Å². The third-order valence-corrected chi connectivity index (χ3v) is 6.08. The van der Waals surface area contributed by atoms with Crippen LogP contribution in [0.1, 0.15) is 11.8 Å². The van der Waals surface area contributed by atoms with Crippen LogP contribution in [0.4, 0.5) is 0 Å². The summed E-state index contributed by atoms with van der Waals surface area (Å²) in [5.74, 6) is -0.0900. The molecule has 0 saturated carbocycles. The molecular weight excluding hydrogens is 394 g/mol. The molecule has 0 radical (unpaired) electrons. The maximum absolute atomic E-state index is 12.7. The highest BCUT2D eigenvalue weighted by Gasteiger charge is 2.19. The maximum atomic E-state index is 12.7. The van der Waals surface area contributed by atoms with Crippen molar-refractivity contribution in [2.24, 2.45) is 0 Å². The predicted octanol–water partition coefficient (Wildman–Crippen LogP) is 2.74. The van der Waals surface area contributed by atoms with Gasteiger partial charge in [0.2, 0.25) is 11.6 Å². The molecule has 1 aromatic carbocycles. The molecule has 0 aliphatic heterocycles. The number of nitrogens with zero attached hydrogens (tertiary/aromatic N) is 4. The van der Waals surface area contributed by atoms with E-state index in [1.54, 1.807) is 35.1 Å². The summed E-state index contributed by atoms with van der Waals surface area (Å²) in [7, 11) is 0. The number of nitrogens with one attached hydrogen (secondary N) is 1. The van der Waals surface area contributed by atoms with Gasteiger partial charge in [-0.25, -0.2) is 0 Å². The van der Waals surface area contributed by atoms with Crippen molar-refractivity contribution in [2.75, 3.05) is 0 Å². The molecule has 4 aromatic rings. The lowest BCUT2D eigenvalue weighted by atomic mass is 10.3. The molecule has 1 atom stereocenters. The Bertz CT molecular complexity index is 1150. The van der Waals surface area contributed by atoms with Crippen LogP contribution in [0.25, 0.3) is 11.3 Å². The first-order chi connectivity index (χ1) is 13.6. The number of carbonyl (C=O) groups excluding carboxylic acids is 1. The van der Waals surface area contributed by atoms with Crippen molar-refractivity contribution in [2.45, 2.75) is 23.9 Å². The highest BCUT2D eigenvalue weighted by atomic mass is 32.2. The van der Waals surface area contributed by atoms with Gasteiger partial charge >= 0.3 is 5.56 Å². The zero-order valence-electron chi connectivity index (χ0n) is 15.0. The topological polar surface area (TPSA) is 81.3 Å². The molecule has 1 amide bonds. The van der Waals surface area contributed by atoms with E-state index >= 15 is 0 Å². The molecule has 0 aliphatic carbocycles. The summed E-state index contributed by atoms with van der Waals surface area (Å²) in [5, 5.41) is 13.2. The van der Waals surface area contributed by atoms with E-state index in [0.717, 1.165) is 10.6 Å². The smallest absolute Gasteiger partial charge is 0.300 e. The second-order valence-electron chi connectivity index (χ2n) is 6.04. The molecule has 0 aliphatic rings. The lowest BCUT2D eigenvalue weighted by Gasteiger charge is -2.10. The molecule has 4 rings (SSSR count). The average molecular weight is 412 g/mol. The fourth-order valence-corrected chi connectivity index (χ4v) is 4.18. The van der Waals surface area contributed by atoms with Crippen molar-refractivity contribution < 1.29 is 4.79 Å². The molecule has 0 fully saturated rings. The van der Waals surface area contributed by atoms with Gasteiger partial charge in [0.25, 0.3) is 0 Å². The van der Waals surface area contributed by atoms with Crippen molar-refractivity contribution in [3.8, 4) is 5.69 Å². The van der Waals surface area contributed by atoms with Crippen LogP contribution in [0.2, 0.25) is 0 Å². The Morgan fingerprint density at radius 1 is 1.18 bits per heavy atom. The van der Waals surface area contributed by atoms with E-state index in [1.807, 2.05) is 47.8 Å². The largest absolute Gasteiger partial charge is 0.350 e. The number of aromatic nitrogens is 4. The summed E-state index contributed by atoms with van der Waals surface area (Å²) in [6, 6.07) is 13.3. The fraction of sp³-hybridized carbons (Fsp3) is 0.158. The van der Waals surface area contributed by atoms with E-state index in [1.165, 1.54) is 16.3 Å². The Labute approximate surface area is 169 Å². The van der Waals surface area contributed by atoms with E-state index < -0.39 is 0 Å². The minimum atomic E-state index is -0.371. The van der Waals surface area contributed by atoms with E-state index in [-0.39, 0.29) is 22.4 Å². The molecule has 7 nitrogen and oxygen atoms in total. The van der Waals surface area contributed by atoms with Crippen molar-refractivity contribution in [1.29, 1.82) is 0 Å². The lowest BCUT2D eigenvalue weighted by Crippen LogP contribution is -2.30. The van der Waals surface area contributed by atoms with Crippen LogP contribution in [0, 0.1) is 0 Å². The molecule has 0 saturated heterocycles. The van der Waals surface area contributed by atoms with Crippen LogP contribution < -0.4 is 10.9 Å². The number of para-hydroxylation sites is 1. The van der Waals surface area contributed by atoms with Gasteiger partial charge in [-0.15, -0.1) is 21.5 Å². The summed E-state index contributed by atoms with van der Waals surface area (Å²) < 4.78 is 3.14. The number of thiophene rings is 1. The van der Waals surface area contributed by atoms with Gasteiger partial charge < -0.3 is 5.32 Å². The number of hydrogen-bond donors (Lipinski definition) is 1. The number of amides is 1. The number of fused-ring (bicyclic) bond motifs is 1. The third kappa shape index (κ3) is 3.71. The Morgan fingerprint density at radius 2 is 2.00 bits per heavy atom. The van der Waals surface area contributed by atoms with Crippen LogP contribution >= 0.6 is 23.1 Å². The van der Waals surface area contributed by atoms with Gasteiger partial charge in [0.15, 0.2) is 5.16 Å². The lowest BCUT2D eigenvalue weighted by molar-refractivity contribution is -0.120. The minimum Gasteiger partial charge on any atom is -0.350 e. The fourth-order valence-electron chi connectivity index (χ4n) is 2.68. The first-order valence-corrected chi connectivity index (χ1v) is 10.4. The number of benzene rings is 1. The Balaban J connectivity index is 1.52. The first-order valence-electron chi connectivity index (χ1n) is 8.62. The second-order valence-corrected chi connectivity index (χ2v) is 8.38. The van der Waals surface area contributed by atoms with Crippen LogP contribution in [-0.2, 0) is 11.3 Å². The Kier molecular flexibility index (Phi) is 5.27. The summed E-state index contributed by atoms with van der Waals surface area (Å²) in [6.45, 7) is 2.31. The van der Waals surface area contributed by atoms with Crippen LogP contribution in [-0.4, -0.2) is 30.3 Å². The van der Waals surface area contributed by atoms with Gasteiger partial charge in [0.1, 0.15) is 0 Å². The quantitative estimate of drug-likeness (QED) is 0.494. The molecule has 28 heavy (non-hydrogen) atoms. The zero-order chi connectivity index (χ0) is 19.5. The van der Waals surface area contributed by atoms with Gasteiger partial charge in [0, 0.05) is 23.0 Å². The Hall–Kier alpha value is -2.91. The zero-order valence-corrected chi connectivity index (χ0v) is 16.6. The summed E-state index contributed by atoms with van der Waals surface area (Å²) >= 11 is 2.87. The highest BCUT2D eigenvalue weighted by Crippen LogP contribution is 2.21. The molecular formula is C19H17N5O2S2. The molecule has 9 heteroatoms. The van der Waals surface area contributed by atoms with Gasteiger partial charge in [-0.2, -0.15) is 0 Å². The van der Waals surface area contributed by atoms with E-state index in [9.17, 15) is 9.59 Å². The monoisotopic (exact) mass is 411 g/mol. The summed E-state index contributed by atoms with van der Waals surface area (Å²) in [5.41, 5.74) is 0.719. The van der Waals surface area contributed by atoms with Crippen LogP contribution in [0.3, 0.4) is 0 Å². The number of carbonyl (C=O) groups is 1. The van der Waals surface area contributed by atoms with E-state index in [2.05, 4.69) is 15.5 Å². The van der Waals surface area contributed by atoms with Crippen molar-refractivity contribution in [3.63, 3.8) is 0 Å².